The molecule has 0 aliphatic heterocycles. The number of rotatable bonds is 10. The molecule has 1 aromatic heterocycles. The van der Waals surface area contributed by atoms with E-state index in [9.17, 15) is 0 Å². The summed E-state index contributed by atoms with van der Waals surface area (Å²) in [5.41, 5.74) is 6.89. The lowest BCUT2D eigenvalue weighted by atomic mass is 10.1. The van der Waals surface area contributed by atoms with Gasteiger partial charge < -0.3 is 25.6 Å². The van der Waals surface area contributed by atoms with E-state index in [1.165, 1.54) is 0 Å². The lowest BCUT2D eigenvalue weighted by Gasteiger charge is -2.09. The second-order valence-corrected chi connectivity index (χ2v) is 5.63. The number of benzene rings is 1. The van der Waals surface area contributed by atoms with Crippen LogP contribution in [0.3, 0.4) is 0 Å². The Hall–Kier alpha value is -1.71. The maximum Gasteiger partial charge on any atom is 0.244 e. The molecule has 0 aliphatic rings. The van der Waals surface area contributed by atoms with Gasteiger partial charge in [0, 0.05) is 12.1 Å². The molecule has 0 fully saturated rings. The predicted octanol–water partition coefficient (Wildman–Crippen LogP) is 1.87. The van der Waals surface area contributed by atoms with Crippen LogP contribution in [-0.4, -0.2) is 59.9 Å². The van der Waals surface area contributed by atoms with Crippen LogP contribution in [-0.2, 0) is 9.47 Å². The van der Waals surface area contributed by atoms with Crippen LogP contribution in [0, 0.1) is 0 Å². The topological polar surface area (TPSA) is 115 Å². The van der Waals surface area contributed by atoms with Crippen molar-refractivity contribution in [1.82, 2.24) is 15.2 Å². The SMILES string of the molecule is Nc1nc(NCCOCCOCCO)nnc1-c1cccc(Cl)c1Cl. The molecular formula is C15H19Cl2N5O3. The molecule has 0 atom stereocenters. The fourth-order valence-electron chi connectivity index (χ4n) is 1.91. The molecule has 0 saturated carbocycles. The van der Waals surface area contributed by atoms with Crippen LogP contribution in [0.25, 0.3) is 11.3 Å². The normalized spacial score (nSPS) is 10.8. The highest BCUT2D eigenvalue weighted by Gasteiger charge is 2.13. The Kier molecular flexibility index (Phi) is 8.10. The van der Waals surface area contributed by atoms with Gasteiger partial charge in [-0.1, -0.05) is 35.3 Å². The number of nitrogens with zero attached hydrogens (tertiary/aromatic N) is 3. The van der Waals surface area contributed by atoms with Crippen molar-refractivity contribution >= 4 is 35.0 Å². The van der Waals surface area contributed by atoms with E-state index >= 15 is 0 Å². The summed E-state index contributed by atoms with van der Waals surface area (Å²) in [4.78, 5) is 4.16. The molecule has 1 aromatic carbocycles. The van der Waals surface area contributed by atoms with E-state index in [1.807, 2.05) is 0 Å². The summed E-state index contributed by atoms with van der Waals surface area (Å²) in [5, 5.41) is 20.3. The van der Waals surface area contributed by atoms with Gasteiger partial charge in [-0.2, -0.15) is 4.98 Å². The maximum absolute atomic E-state index is 8.56. The molecule has 8 nitrogen and oxygen atoms in total. The monoisotopic (exact) mass is 387 g/mol. The van der Waals surface area contributed by atoms with Gasteiger partial charge in [-0.05, 0) is 6.07 Å². The number of hydrogen-bond donors (Lipinski definition) is 3. The highest BCUT2D eigenvalue weighted by atomic mass is 35.5. The molecule has 0 bridgehead atoms. The molecule has 0 radical (unpaired) electrons. The largest absolute Gasteiger partial charge is 0.394 e. The van der Waals surface area contributed by atoms with Gasteiger partial charge >= 0.3 is 0 Å². The quantitative estimate of drug-likeness (QED) is 0.529. The number of nitrogen functional groups attached to an aromatic ring is 1. The van der Waals surface area contributed by atoms with Crippen molar-refractivity contribution in [2.45, 2.75) is 0 Å². The maximum atomic E-state index is 8.56. The fourth-order valence-corrected chi connectivity index (χ4v) is 2.30. The first-order valence-corrected chi connectivity index (χ1v) is 8.34. The lowest BCUT2D eigenvalue weighted by molar-refractivity contribution is 0.0360. The van der Waals surface area contributed by atoms with Crippen LogP contribution < -0.4 is 11.1 Å². The number of hydrogen-bond acceptors (Lipinski definition) is 8. The standard InChI is InChI=1S/C15H19Cl2N5O3/c16-11-3-1-2-10(12(11)17)13-14(18)20-15(22-21-13)19-4-6-24-8-9-25-7-5-23/h1-3,23H,4-9H2,(H3,18,19,20,22). The van der Waals surface area contributed by atoms with Crippen molar-refractivity contribution in [3.63, 3.8) is 0 Å². The number of aliphatic hydroxyl groups is 1. The van der Waals surface area contributed by atoms with E-state index < -0.39 is 0 Å². The summed E-state index contributed by atoms with van der Waals surface area (Å²) in [7, 11) is 0. The number of aromatic nitrogens is 3. The number of aliphatic hydroxyl groups excluding tert-OH is 1. The van der Waals surface area contributed by atoms with Crippen LogP contribution in [0.1, 0.15) is 0 Å². The van der Waals surface area contributed by atoms with E-state index in [0.717, 1.165) is 0 Å². The molecule has 0 saturated heterocycles. The van der Waals surface area contributed by atoms with Crippen molar-refractivity contribution in [1.29, 1.82) is 0 Å². The Morgan fingerprint density at radius 1 is 1.08 bits per heavy atom. The van der Waals surface area contributed by atoms with E-state index in [2.05, 4.69) is 20.5 Å². The molecule has 0 aliphatic carbocycles. The van der Waals surface area contributed by atoms with Crippen molar-refractivity contribution in [2.24, 2.45) is 0 Å². The Morgan fingerprint density at radius 3 is 2.56 bits per heavy atom. The number of ether oxygens (including phenoxy) is 2. The molecule has 0 amide bonds. The summed E-state index contributed by atoms with van der Waals surface area (Å²) in [6, 6.07) is 5.17. The Bertz CT molecular complexity index is 690. The minimum absolute atomic E-state index is 0.00368. The van der Waals surface area contributed by atoms with Crippen molar-refractivity contribution in [3.8, 4) is 11.3 Å². The lowest BCUT2D eigenvalue weighted by Crippen LogP contribution is -2.15. The van der Waals surface area contributed by atoms with Gasteiger partial charge in [-0.25, -0.2) is 0 Å². The highest BCUT2D eigenvalue weighted by Crippen LogP contribution is 2.34. The number of nitrogens with one attached hydrogen (secondary N) is 1. The molecule has 0 spiro atoms. The van der Waals surface area contributed by atoms with Crippen molar-refractivity contribution in [3.05, 3.63) is 28.2 Å². The van der Waals surface area contributed by atoms with Gasteiger partial charge in [0.1, 0.15) is 5.69 Å². The van der Waals surface area contributed by atoms with Crippen LogP contribution in [0.15, 0.2) is 18.2 Å². The van der Waals surface area contributed by atoms with Gasteiger partial charge in [0.25, 0.3) is 0 Å². The first kappa shape index (κ1) is 19.6. The average Bonchev–Trinajstić information content (AvgIpc) is 2.60. The third-order valence-electron chi connectivity index (χ3n) is 3.06. The molecule has 1 heterocycles. The summed E-state index contributed by atoms with van der Waals surface area (Å²) in [6.07, 6.45) is 0. The summed E-state index contributed by atoms with van der Waals surface area (Å²) >= 11 is 12.2. The Labute approximate surface area is 155 Å². The fraction of sp³-hybridized carbons (Fsp3) is 0.400. The number of halogens is 2. The van der Waals surface area contributed by atoms with Gasteiger partial charge in [-0.3, -0.25) is 0 Å². The molecule has 4 N–H and O–H groups in total. The Morgan fingerprint density at radius 2 is 1.84 bits per heavy atom. The van der Waals surface area contributed by atoms with Gasteiger partial charge in [0.05, 0.1) is 43.1 Å². The zero-order valence-electron chi connectivity index (χ0n) is 13.4. The zero-order chi connectivity index (χ0) is 18.1. The first-order chi connectivity index (χ1) is 12.1. The third-order valence-corrected chi connectivity index (χ3v) is 3.88. The average molecular weight is 388 g/mol. The zero-order valence-corrected chi connectivity index (χ0v) is 14.9. The van der Waals surface area contributed by atoms with Crippen LogP contribution in [0.4, 0.5) is 11.8 Å². The van der Waals surface area contributed by atoms with E-state index in [-0.39, 0.29) is 12.4 Å². The summed E-state index contributed by atoms with van der Waals surface area (Å²) in [5.74, 6) is 0.486. The highest BCUT2D eigenvalue weighted by molar-refractivity contribution is 6.43. The molecule has 2 aromatic rings. The van der Waals surface area contributed by atoms with E-state index in [1.54, 1.807) is 18.2 Å². The van der Waals surface area contributed by atoms with Crippen LogP contribution in [0.5, 0.6) is 0 Å². The first-order valence-electron chi connectivity index (χ1n) is 7.58. The van der Waals surface area contributed by atoms with E-state index in [4.69, 9.17) is 43.5 Å². The molecule has 10 heteroatoms. The van der Waals surface area contributed by atoms with Gasteiger partial charge in [0.2, 0.25) is 5.95 Å². The van der Waals surface area contributed by atoms with Gasteiger partial charge in [-0.15, -0.1) is 10.2 Å². The molecule has 25 heavy (non-hydrogen) atoms. The molecular weight excluding hydrogens is 369 g/mol. The summed E-state index contributed by atoms with van der Waals surface area (Å²) < 4.78 is 10.4. The van der Waals surface area contributed by atoms with Crippen LogP contribution in [0.2, 0.25) is 10.0 Å². The minimum Gasteiger partial charge on any atom is -0.394 e. The van der Waals surface area contributed by atoms with Crippen molar-refractivity contribution in [2.75, 3.05) is 50.6 Å². The van der Waals surface area contributed by atoms with E-state index in [0.29, 0.717) is 60.2 Å². The minimum atomic E-state index is 0.00368. The Balaban J connectivity index is 1.84. The molecule has 0 unspecified atom stereocenters. The number of anilines is 2. The number of nitrogens with two attached hydrogens (primary N) is 1. The molecule has 136 valence electrons. The molecule has 2 rings (SSSR count). The van der Waals surface area contributed by atoms with Gasteiger partial charge in [0.15, 0.2) is 5.82 Å². The summed E-state index contributed by atoms with van der Waals surface area (Å²) in [6.45, 7) is 2.11. The van der Waals surface area contributed by atoms with Crippen LogP contribution >= 0.6 is 23.2 Å². The second kappa shape index (κ2) is 10.3. The third kappa shape index (κ3) is 5.94. The smallest absolute Gasteiger partial charge is 0.244 e. The second-order valence-electron chi connectivity index (χ2n) is 4.85. The van der Waals surface area contributed by atoms with Crippen molar-refractivity contribution < 1.29 is 14.6 Å². The predicted molar refractivity (Wildman–Crippen MR) is 96.9 cm³/mol.